The number of fused-ring (bicyclic) bond motifs is 1. The topological polar surface area (TPSA) is 67.2 Å². The molecule has 1 aromatic carbocycles. The number of nitrogens with zero attached hydrogens (tertiary/aromatic N) is 2. The zero-order valence-corrected chi connectivity index (χ0v) is 13.7. The minimum Gasteiger partial charge on any atom is -0.504 e. The molecule has 0 saturated heterocycles. The van der Waals surface area contributed by atoms with E-state index in [-0.39, 0.29) is 32.3 Å². The highest BCUT2D eigenvalue weighted by Crippen LogP contribution is 2.35. The summed E-state index contributed by atoms with van der Waals surface area (Å²) in [5, 5.41) is 13.8. The SMILES string of the molecule is CCNCc1nc2c(O)c(Cl)cc(Cl)c2c(=O)n1CC1CC1. The Morgan fingerprint density at radius 3 is 2.77 bits per heavy atom. The van der Waals surface area contributed by atoms with Crippen LogP contribution in [-0.2, 0) is 13.1 Å². The van der Waals surface area contributed by atoms with Gasteiger partial charge in [-0.3, -0.25) is 9.36 Å². The molecule has 1 aromatic heterocycles. The lowest BCUT2D eigenvalue weighted by Crippen LogP contribution is -2.29. The molecule has 0 unspecified atom stereocenters. The number of phenols is 1. The second kappa shape index (κ2) is 6.07. The molecule has 0 radical (unpaired) electrons. The highest BCUT2D eigenvalue weighted by Gasteiger charge is 2.25. The molecule has 1 aliphatic rings. The van der Waals surface area contributed by atoms with Gasteiger partial charge in [0.1, 0.15) is 11.3 Å². The van der Waals surface area contributed by atoms with Crippen molar-refractivity contribution in [2.75, 3.05) is 6.54 Å². The van der Waals surface area contributed by atoms with E-state index >= 15 is 0 Å². The molecule has 0 spiro atoms. The third-order valence-corrected chi connectivity index (χ3v) is 4.45. The minimum absolute atomic E-state index is 0.0961. The molecule has 1 heterocycles. The van der Waals surface area contributed by atoms with Gasteiger partial charge in [-0.05, 0) is 31.4 Å². The zero-order chi connectivity index (χ0) is 15.9. The van der Waals surface area contributed by atoms with E-state index in [4.69, 9.17) is 23.2 Å². The van der Waals surface area contributed by atoms with E-state index in [1.165, 1.54) is 6.07 Å². The predicted octanol–water partition coefficient (Wildman–Crippen LogP) is 2.93. The van der Waals surface area contributed by atoms with Crippen molar-refractivity contribution in [1.82, 2.24) is 14.9 Å². The van der Waals surface area contributed by atoms with Gasteiger partial charge < -0.3 is 10.4 Å². The minimum atomic E-state index is -0.221. The van der Waals surface area contributed by atoms with Gasteiger partial charge in [0.25, 0.3) is 5.56 Å². The van der Waals surface area contributed by atoms with Crippen molar-refractivity contribution >= 4 is 34.1 Å². The van der Waals surface area contributed by atoms with Crippen LogP contribution in [0.25, 0.3) is 10.9 Å². The van der Waals surface area contributed by atoms with Gasteiger partial charge in [0.05, 0.1) is 22.0 Å². The number of nitrogens with one attached hydrogen (secondary N) is 1. The summed E-state index contributed by atoms with van der Waals surface area (Å²) in [6, 6.07) is 1.38. The van der Waals surface area contributed by atoms with Crippen molar-refractivity contribution in [3.05, 3.63) is 32.3 Å². The van der Waals surface area contributed by atoms with Crippen LogP contribution in [0.5, 0.6) is 5.75 Å². The van der Waals surface area contributed by atoms with E-state index in [0.717, 1.165) is 19.4 Å². The maximum atomic E-state index is 12.8. The van der Waals surface area contributed by atoms with Gasteiger partial charge in [0.15, 0.2) is 5.75 Å². The van der Waals surface area contributed by atoms with Gasteiger partial charge in [-0.2, -0.15) is 0 Å². The molecule has 118 valence electrons. The lowest BCUT2D eigenvalue weighted by Gasteiger charge is -2.15. The third-order valence-electron chi connectivity index (χ3n) is 3.86. The van der Waals surface area contributed by atoms with E-state index in [1.54, 1.807) is 4.57 Å². The number of rotatable bonds is 5. The molecule has 0 atom stereocenters. The summed E-state index contributed by atoms with van der Waals surface area (Å²) in [6.45, 7) is 3.84. The highest BCUT2D eigenvalue weighted by atomic mass is 35.5. The largest absolute Gasteiger partial charge is 0.504 e. The summed E-state index contributed by atoms with van der Waals surface area (Å²) in [4.78, 5) is 17.3. The van der Waals surface area contributed by atoms with E-state index < -0.39 is 0 Å². The summed E-state index contributed by atoms with van der Waals surface area (Å²) in [6.07, 6.45) is 2.26. The predicted molar refractivity (Wildman–Crippen MR) is 87.8 cm³/mol. The quantitative estimate of drug-likeness (QED) is 0.877. The Balaban J connectivity index is 2.25. The van der Waals surface area contributed by atoms with Crippen LogP contribution in [0.2, 0.25) is 10.0 Å². The van der Waals surface area contributed by atoms with E-state index in [0.29, 0.717) is 24.8 Å². The van der Waals surface area contributed by atoms with Gasteiger partial charge in [0.2, 0.25) is 0 Å². The molecule has 22 heavy (non-hydrogen) atoms. The summed E-state index contributed by atoms with van der Waals surface area (Å²) in [7, 11) is 0. The lowest BCUT2D eigenvalue weighted by molar-refractivity contribution is 0.478. The summed E-state index contributed by atoms with van der Waals surface area (Å²) < 4.78 is 1.67. The Bertz CT molecular complexity index is 785. The Kier molecular flexibility index (Phi) is 4.30. The standard InChI is InChI=1S/C15H17Cl2N3O2/c1-2-18-6-11-19-13-12(9(16)5-10(17)14(13)21)15(22)20(11)7-8-3-4-8/h5,8,18,21H,2-4,6-7H2,1H3. The molecule has 0 aliphatic heterocycles. The first kappa shape index (κ1) is 15.6. The second-order valence-corrected chi connectivity index (χ2v) is 6.39. The molecule has 1 saturated carbocycles. The van der Waals surface area contributed by atoms with E-state index in [2.05, 4.69) is 10.3 Å². The third kappa shape index (κ3) is 2.81. The molecular formula is C15H17Cl2N3O2. The van der Waals surface area contributed by atoms with Crippen molar-refractivity contribution in [2.45, 2.75) is 32.9 Å². The fraction of sp³-hybridized carbons (Fsp3) is 0.467. The van der Waals surface area contributed by atoms with Crippen LogP contribution in [0.3, 0.4) is 0 Å². The molecule has 7 heteroatoms. The molecule has 2 N–H and O–H groups in total. The first-order chi connectivity index (χ1) is 10.5. The Morgan fingerprint density at radius 1 is 1.41 bits per heavy atom. The van der Waals surface area contributed by atoms with Crippen LogP contribution in [0, 0.1) is 5.92 Å². The van der Waals surface area contributed by atoms with Crippen molar-refractivity contribution < 1.29 is 5.11 Å². The molecule has 5 nitrogen and oxygen atoms in total. The number of aromatic hydroxyl groups is 1. The molecular weight excluding hydrogens is 325 g/mol. The van der Waals surface area contributed by atoms with Crippen molar-refractivity contribution in [2.24, 2.45) is 5.92 Å². The lowest BCUT2D eigenvalue weighted by atomic mass is 10.2. The van der Waals surface area contributed by atoms with Crippen LogP contribution in [-0.4, -0.2) is 21.2 Å². The maximum Gasteiger partial charge on any atom is 0.263 e. The van der Waals surface area contributed by atoms with Crippen LogP contribution in [0.1, 0.15) is 25.6 Å². The smallest absolute Gasteiger partial charge is 0.263 e. The van der Waals surface area contributed by atoms with Gasteiger partial charge in [0, 0.05) is 6.54 Å². The summed E-state index contributed by atoms with van der Waals surface area (Å²) >= 11 is 12.1. The molecule has 2 aromatic rings. The van der Waals surface area contributed by atoms with Gasteiger partial charge in [-0.15, -0.1) is 0 Å². The molecule has 3 rings (SSSR count). The van der Waals surface area contributed by atoms with Gasteiger partial charge in [-0.1, -0.05) is 30.1 Å². The molecule has 0 bridgehead atoms. The number of phenolic OH excluding ortho intramolecular Hbond substituents is 1. The van der Waals surface area contributed by atoms with Crippen LogP contribution >= 0.6 is 23.2 Å². The molecule has 0 amide bonds. The maximum absolute atomic E-state index is 12.8. The van der Waals surface area contributed by atoms with Crippen LogP contribution in [0.15, 0.2) is 10.9 Å². The summed E-state index contributed by atoms with van der Waals surface area (Å²) in [5.41, 5.74) is -0.0516. The normalized spacial score (nSPS) is 14.7. The zero-order valence-electron chi connectivity index (χ0n) is 12.2. The molecule has 1 fully saturated rings. The Morgan fingerprint density at radius 2 is 2.14 bits per heavy atom. The first-order valence-corrected chi connectivity index (χ1v) is 8.09. The van der Waals surface area contributed by atoms with Crippen molar-refractivity contribution in [3.8, 4) is 5.75 Å². The van der Waals surface area contributed by atoms with Crippen LogP contribution in [0.4, 0.5) is 0 Å². The van der Waals surface area contributed by atoms with Crippen LogP contribution < -0.4 is 10.9 Å². The average molecular weight is 342 g/mol. The van der Waals surface area contributed by atoms with Crippen molar-refractivity contribution in [3.63, 3.8) is 0 Å². The van der Waals surface area contributed by atoms with Gasteiger partial charge >= 0.3 is 0 Å². The number of hydrogen-bond acceptors (Lipinski definition) is 4. The number of halogens is 2. The Labute approximate surface area is 137 Å². The average Bonchev–Trinajstić information content (AvgIpc) is 3.29. The number of hydrogen-bond donors (Lipinski definition) is 2. The van der Waals surface area contributed by atoms with Gasteiger partial charge in [-0.25, -0.2) is 4.98 Å². The fourth-order valence-corrected chi connectivity index (χ4v) is 3.00. The highest BCUT2D eigenvalue weighted by molar-refractivity contribution is 6.39. The second-order valence-electron chi connectivity index (χ2n) is 5.58. The fourth-order valence-electron chi connectivity index (χ4n) is 2.47. The van der Waals surface area contributed by atoms with E-state index in [1.807, 2.05) is 6.92 Å². The molecule has 1 aliphatic carbocycles. The summed E-state index contributed by atoms with van der Waals surface area (Å²) in [5.74, 6) is 0.923. The monoisotopic (exact) mass is 341 g/mol. The Hall–Kier alpha value is -1.30. The van der Waals surface area contributed by atoms with Crippen molar-refractivity contribution in [1.29, 1.82) is 0 Å². The number of aromatic nitrogens is 2. The first-order valence-electron chi connectivity index (χ1n) is 7.34. The van der Waals surface area contributed by atoms with E-state index in [9.17, 15) is 9.90 Å². The number of benzene rings is 1.